The molecule has 1 fully saturated rings. The number of carbonyl (C=O) groups is 1. The lowest BCUT2D eigenvalue weighted by molar-refractivity contribution is -0.123. The Hall–Kier alpha value is -1.92. The summed E-state index contributed by atoms with van der Waals surface area (Å²) in [4.78, 5) is 15.0. The first-order chi connectivity index (χ1) is 10.6. The van der Waals surface area contributed by atoms with Crippen molar-refractivity contribution < 1.29 is 4.79 Å². The highest BCUT2D eigenvalue weighted by molar-refractivity contribution is 8.26. The van der Waals surface area contributed by atoms with Crippen LogP contribution in [-0.4, -0.2) is 24.9 Å². The molecule has 2 aromatic rings. The summed E-state index contributed by atoms with van der Waals surface area (Å²) < 4.78 is 2.30. The van der Waals surface area contributed by atoms with E-state index in [2.05, 4.69) is 5.10 Å². The molecule has 0 bridgehead atoms. The van der Waals surface area contributed by atoms with Gasteiger partial charge in [0.25, 0.3) is 5.91 Å². The van der Waals surface area contributed by atoms with E-state index in [1.165, 1.54) is 11.8 Å². The summed E-state index contributed by atoms with van der Waals surface area (Å²) in [7, 11) is 1.85. The van der Waals surface area contributed by atoms with E-state index in [1.54, 1.807) is 15.8 Å². The maximum absolute atomic E-state index is 12.7. The quantitative estimate of drug-likeness (QED) is 0.639. The third-order valence-corrected chi connectivity index (χ3v) is 4.85. The fourth-order valence-electron chi connectivity index (χ4n) is 2.36. The zero-order valence-corrected chi connectivity index (χ0v) is 13.9. The minimum atomic E-state index is -0.0755. The molecule has 0 spiro atoms. The summed E-state index contributed by atoms with van der Waals surface area (Å²) >= 11 is 6.74. The lowest BCUT2D eigenvalue weighted by atomic mass is 10.1. The second-order valence-corrected chi connectivity index (χ2v) is 6.76. The van der Waals surface area contributed by atoms with Gasteiger partial charge >= 0.3 is 0 Å². The number of hydrogen-bond donors (Lipinski definition) is 0. The van der Waals surface area contributed by atoms with Crippen LogP contribution in [0.3, 0.4) is 0 Å². The molecule has 1 aliphatic rings. The van der Waals surface area contributed by atoms with Crippen molar-refractivity contribution in [2.45, 2.75) is 13.0 Å². The Kier molecular flexibility index (Phi) is 4.13. The summed E-state index contributed by atoms with van der Waals surface area (Å²) in [5, 5.41) is 4.11. The van der Waals surface area contributed by atoms with E-state index in [0.29, 0.717) is 9.23 Å². The molecule has 0 aliphatic carbocycles. The number of thioether (sulfide) groups is 1. The molecular formula is C16H15N3OS2. The first-order valence-electron chi connectivity index (χ1n) is 6.87. The Morgan fingerprint density at radius 1 is 1.32 bits per heavy atom. The molecule has 0 N–H and O–H groups in total. The van der Waals surface area contributed by atoms with Crippen molar-refractivity contribution in [1.82, 2.24) is 14.7 Å². The molecule has 112 valence electrons. The number of nitrogens with zero attached hydrogens (tertiary/aromatic N) is 3. The average Bonchev–Trinajstić information content (AvgIpc) is 3.03. The predicted octanol–water partition coefficient (Wildman–Crippen LogP) is 3.38. The highest BCUT2D eigenvalue weighted by Crippen LogP contribution is 2.37. The molecule has 6 heteroatoms. The van der Waals surface area contributed by atoms with E-state index in [1.807, 2.05) is 56.6 Å². The molecule has 0 radical (unpaired) electrons. The SMILES string of the molecule is CC(c1ccccc1)N1C(=O)C(=Cc2cnn(C)c2)SC1=S. The van der Waals surface area contributed by atoms with Crippen LogP contribution in [0.1, 0.15) is 24.1 Å². The zero-order chi connectivity index (χ0) is 15.7. The first kappa shape index (κ1) is 15.0. The van der Waals surface area contributed by atoms with E-state index in [4.69, 9.17) is 12.2 Å². The van der Waals surface area contributed by atoms with Crippen LogP contribution in [0.5, 0.6) is 0 Å². The molecule has 3 rings (SSSR count). The van der Waals surface area contributed by atoms with Gasteiger partial charge in [-0.2, -0.15) is 5.10 Å². The van der Waals surface area contributed by atoms with Gasteiger partial charge in [0.1, 0.15) is 4.32 Å². The molecule has 1 saturated heterocycles. The van der Waals surface area contributed by atoms with Crippen molar-refractivity contribution in [3.8, 4) is 0 Å². The molecule has 1 amide bonds. The third-order valence-electron chi connectivity index (χ3n) is 3.52. The van der Waals surface area contributed by atoms with E-state index in [0.717, 1.165) is 11.1 Å². The largest absolute Gasteiger partial charge is 0.286 e. The summed E-state index contributed by atoms with van der Waals surface area (Å²) in [6.45, 7) is 1.99. The molecular weight excluding hydrogens is 314 g/mol. The van der Waals surface area contributed by atoms with Gasteiger partial charge in [-0.05, 0) is 18.6 Å². The molecule has 1 aromatic carbocycles. The molecule has 2 heterocycles. The highest BCUT2D eigenvalue weighted by Gasteiger charge is 2.35. The van der Waals surface area contributed by atoms with Crippen LogP contribution in [0.25, 0.3) is 6.08 Å². The number of amides is 1. The smallest absolute Gasteiger partial charge is 0.266 e. The number of benzene rings is 1. The zero-order valence-electron chi connectivity index (χ0n) is 12.3. The molecule has 1 aliphatic heterocycles. The molecule has 4 nitrogen and oxygen atoms in total. The second kappa shape index (κ2) is 6.06. The van der Waals surface area contributed by atoms with Gasteiger partial charge in [-0.1, -0.05) is 54.3 Å². The molecule has 22 heavy (non-hydrogen) atoms. The average molecular weight is 329 g/mol. The van der Waals surface area contributed by atoms with Gasteiger partial charge in [-0.25, -0.2) is 0 Å². The van der Waals surface area contributed by atoms with E-state index in [9.17, 15) is 4.79 Å². The minimum absolute atomic E-state index is 0.0461. The minimum Gasteiger partial charge on any atom is -0.286 e. The number of rotatable bonds is 3. The summed E-state index contributed by atoms with van der Waals surface area (Å²) in [6.07, 6.45) is 5.43. The van der Waals surface area contributed by atoms with Gasteiger partial charge in [0.15, 0.2) is 0 Å². The molecule has 0 saturated carbocycles. The second-order valence-electron chi connectivity index (χ2n) is 5.09. The fraction of sp³-hybridized carbons (Fsp3) is 0.188. The Morgan fingerprint density at radius 2 is 2.05 bits per heavy atom. The van der Waals surface area contributed by atoms with Gasteiger partial charge in [0.05, 0.1) is 17.1 Å². The van der Waals surface area contributed by atoms with E-state index in [-0.39, 0.29) is 11.9 Å². The van der Waals surface area contributed by atoms with Crippen LogP contribution >= 0.6 is 24.0 Å². The number of thiocarbonyl (C=S) groups is 1. The number of carbonyl (C=O) groups excluding carboxylic acids is 1. The third kappa shape index (κ3) is 2.84. The van der Waals surface area contributed by atoms with Crippen molar-refractivity contribution in [3.63, 3.8) is 0 Å². The van der Waals surface area contributed by atoms with Crippen molar-refractivity contribution in [3.05, 3.63) is 58.8 Å². The summed E-state index contributed by atoms with van der Waals surface area (Å²) in [5.74, 6) is -0.0461. The number of aryl methyl sites for hydroxylation is 1. The fourth-order valence-corrected chi connectivity index (χ4v) is 3.78. The Bertz CT molecular complexity index is 752. The van der Waals surface area contributed by atoms with Crippen molar-refractivity contribution in [2.75, 3.05) is 0 Å². The number of aromatic nitrogens is 2. The summed E-state index contributed by atoms with van der Waals surface area (Å²) in [6, 6.07) is 9.84. The van der Waals surface area contributed by atoms with Crippen LogP contribution in [-0.2, 0) is 11.8 Å². The van der Waals surface area contributed by atoms with Gasteiger partial charge in [0, 0.05) is 18.8 Å². The first-order valence-corrected chi connectivity index (χ1v) is 8.09. The van der Waals surface area contributed by atoms with Crippen molar-refractivity contribution in [1.29, 1.82) is 0 Å². The van der Waals surface area contributed by atoms with E-state index >= 15 is 0 Å². The topological polar surface area (TPSA) is 38.1 Å². The Labute approximate surface area is 138 Å². The van der Waals surface area contributed by atoms with Crippen molar-refractivity contribution in [2.24, 2.45) is 7.05 Å². The molecule has 1 aromatic heterocycles. The van der Waals surface area contributed by atoms with Crippen LogP contribution in [0, 0.1) is 0 Å². The Balaban J connectivity index is 1.87. The monoisotopic (exact) mass is 329 g/mol. The Morgan fingerprint density at radius 3 is 2.68 bits per heavy atom. The van der Waals surface area contributed by atoms with Crippen LogP contribution in [0.15, 0.2) is 47.6 Å². The van der Waals surface area contributed by atoms with Crippen LogP contribution in [0.4, 0.5) is 0 Å². The van der Waals surface area contributed by atoms with Crippen molar-refractivity contribution >= 4 is 40.3 Å². The van der Waals surface area contributed by atoms with Crippen LogP contribution < -0.4 is 0 Å². The van der Waals surface area contributed by atoms with E-state index < -0.39 is 0 Å². The maximum atomic E-state index is 12.7. The molecule has 1 unspecified atom stereocenters. The predicted molar refractivity (Wildman–Crippen MR) is 93.1 cm³/mol. The lowest BCUT2D eigenvalue weighted by Crippen LogP contribution is -2.30. The molecule has 1 atom stereocenters. The van der Waals surface area contributed by atoms with Crippen LogP contribution in [0.2, 0.25) is 0 Å². The summed E-state index contributed by atoms with van der Waals surface area (Å²) in [5.41, 5.74) is 1.97. The highest BCUT2D eigenvalue weighted by atomic mass is 32.2. The normalized spacial score (nSPS) is 18.3. The van der Waals surface area contributed by atoms with Gasteiger partial charge < -0.3 is 0 Å². The lowest BCUT2D eigenvalue weighted by Gasteiger charge is -2.23. The van der Waals surface area contributed by atoms with Gasteiger partial charge in [0.2, 0.25) is 0 Å². The maximum Gasteiger partial charge on any atom is 0.266 e. The van der Waals surface area contributed by atoms with Gasteiger partial charge in [-0.15, -0.1) is 0 Å². The van der Waals surface area contributed by atoms with Gasteiger partial charge in [-0.3, -0.25) is 14.4 Å². The number of hydrogen-bond acceptors (Lipinski definition) is 4. The standard InChI is InChI=1S/C16H15N3OS2/c1-11(13-6-4-3-5-7-13)19-15(20)14(22-16(19)21)8-12-9-17-18(2)10-12/h3-11H,1-2H3.